The number of azide groups is 1. The van der Waals surface area contributed by atoms with Crippen LogP contribution in [-0.2, 0) is 23.7 Å². The number of carbonyl (C=O) groups excluding carboxylic acids is 1. The zero-order chi connectivity index (χ0) is 14.0. The summed E-state index contributed by atoms with van der Waals surface area (Å²) in [7, 11) is 1.32. The van der Waals surface area contributed by atoms with Gasteiger partial charge in [-0.25, -0.2) is 0 Å². The first kappa shape index (κ1) is 14.1. The average molecular weight is 271 g/mol. The minimum Gasteiger partial charge on any atom is -0.469 e. The molecule has 2 unspecified atom stereocenters. The SMILES string of the molecule is COC(=O)CC1O[C@H](CN=[N+]=[N-])[C@H]2OC(C)(C)OC12. The summed E-state index contributed by atoms with van der Waals surface area (Å²) < 4.78 is 21.8. The van der Waals surface area contributed by atoms with Crippen molar-refractivity contribution in [3.8, 4) is 0 Å². The molecule has 8 nitrogen and oxygen atoms in total. The summed E-state index contributed by atoms with van der Waals surface area (Å²) in [6, 6.07) is 0. The molecule has 0 N–H and O–H groups in total. The highest BCUT2D eigenvalue weighted by Crippen LogP contribution is 2.39. The van der Waals surface area contributed by atoms with Gasteiger partial charge in [-0.1, -0.05) is 5.11 Å². The Kier molecular flexibility index (Phi) is 3.96. The van der Waals surface area contributed by atoms with Crippen LogP contribution >= 0.6 is 0 Å². The van der Waals surface area contributed by atoms with E-state index in [0.717, 1.165) is 0 Å². The van der Waals surface area contributed by atoms with E-state index in [2.05, 4.69) is 14.8 Å². The molecule has 0 radical (unpaired) electrons. The van der Waals surface area contributed by atoms with E-state index in [1.54, 1.807) is 13.8 Å². The van der Waals surface area contributed by atoms with E-state index in [4.69, 9.17) is 19.7 Å². The van der Waals surface area contributed by atoms with Gasteiger partial charge in [-0.15, -0.1) is 0 Å². The first-order chi connectivity index (χ1) is 8.96. The summed E-state index contributed by atoms with van der Waals surface area (Å²) in [5.41, 5.74) is 8.38. The van der Waals surface area contributed by atoms with Gasteiger partial charge in [0.1, 0.15) is 12.2 Å². The maximum atomic E-state index is 11.4. The predicted octanol–water partition coefficient (Wildman–Crippen LogP) is 1.15. The molecule has 2 heterocycles. The molecule has 0 saturated carbocycles. The second-order valence-electron chi connectivity index (χ2n) is 4.97. The minimum atomic E-state index is -0.734. The Morgan fingerprint density at radius 2 is 2.00 bits per heavy atom. The van der Waals surface area contributed by atoms with Crippen molar-refractivity contribution in [3.63, 3.8) is 0 Å². The molecule has 4 atom stereocenters. The molecule has 0 bridgehead atoms. The van der Waals surface area contributed by atoms with Crippen molar-refractivity contribution in [3.05, 3.63) is 10.4 Å². The highest BCUT2D eigenvalue weighted by Gasteiger charge is 2.55. The topological polar surface area (TPSA) is 103 Å². The molecule has 0 aromatic heterocycles. The molecule has 106 valence electrons. The van der Waals surface area contributed by atoms with Gasteiger partial charge < -0.3 is 18.9 Å². The quantitative estimate of drug-likeness (QED) is 0.330. The fraction of sp³-hybridized carbons (Fsp3) is 0.909. The van der Waals surface area contributed by atoms with Gasteiger partial charge in [-0.3, -0.25) is 4.79 Å². The average Bonchev–Trinajstić information content (AvgIpc) is 2.82. The van der Waals surface area contributed by atoms with Gasteiger partial charge in [0.2, 0.25) is 0 Å². The Hall–Kier alpha value is -1.34. The molecule has 0 spiro atoms. The van der Waals surface area contributed by atoms with Gasteiger partial charge in [-0.05, 0) is 19.4 Å². The van der Waals surface area contributed by atoms with Crippen molar-refractivity contribution in [2.75, 3.05) is 13.7 Å². The van der Waals surface area contributed by atoms with Crippen molar-refractivity contribution >= 4 is 5.97 Å². The molecule has 0 aromatic rings. The van der Waals surface area contributed by atoms with Crippen LogP contribution in [-0.4, -0.2) is 49.8 Å². The van der Waals surface area contributed by atoms with Crippen molar-refractivity contribution < 1.29 is 23.7 Å². The number of nitrogens with zero attached hydrogens (tertiary/aromatic N) is 3. The van der Waals surface area contributed by atoms with Crippen molar-refractivity contribution in [1.29, 1.82) is 0 Å². The van der Waals surface area contributed by atoms with E-state index >= 15 is 0 Å². The number of hydrogen-bond donors (Lipinski definition) is 0. The lowest BCUT2D eigenvalue weighted by Gasteiger charge is -2.23. The van der Waals surface area contributed by atoms with Gasteiger partial charge in [0.25, 0.3) is 0 Å². The van der Waals surface area contributed by atoms with Gasteiger partial charge >= 0.3 is 5.97 Å². The van der Waals surface area contributed by atoms with E-state index in [0.29, 0.717) is 0 Å². The first-order valence-electron chi connectivity index (χ1n) is 6.05. The maximum Gasteiger partial charge on any atom is 0.308 e. The third kappa shape index (κ3) is 2.98. The fourth-order valence-corrected chi connectivity index (χ4v) is 2.45. The Bertz CT molecular complexity index is 407. The van der Waals surface area contributed by atoms with E-state index in [1.165, 1.54) is 7.11 Å². The van der Waals surface area contributed by atoms with Crippen LogP contribution < -0.4 is 0 Å². The molecule has 2 aliphatic heterocycles. The monoisotopic (exact) mass is 271 g/mol. The Balaban J connectivity index is 2.10. The smallest absolute Gasteiger partial charge is 0.308 e. The molecule has 0 aliphatic carbocycles. The summed E-state index contributed by atoms with van der Waals surface area (Å²) in [4.78, 5) is 14.1. The third-order valence-corrected chi connectivity index (χ3v) is 3.17. The third-order valence-electron chi connectivity index (χ3n) is 3.17. The predicted molar refractivity (Wildman–Crippen MR) is 63.1 cm³/mol. The highest BCUT2D eigenvalue weighted by molar-refractivity contribution is 5.70. The van der Waals surface area contributed by atoms with Crippen LogP contribution in [0, 0.1) is 0 Å². The van der Waals surface area contributed by atoms with Crippen LogP contribution in [0.3, 0.4) is 0 Å². The number of fused-ring (bicyclic) bond motifs is 1. The number of methoxy groups -OCH3 is 1. The Labute approximate surface area is 110 Å². The van der Waals surface area contributed by atoms with Gasteiger partial charge in [0.15, 0.2) is 5.79 Å². The van der Waals surface area contributed by atoms with Crippen LogP contribution in [0.25, 0.3) is 10.4 Å². The summed E-state index contributed by atoms with van der Waals surface area (Å²) in [5.74, 6) is -1.11. The van der Waals surface area contributed by atoms with E-state index < -0.39 is 18.0 Å². The molecule has 2 rings (SSSR count). The first-order valence-corrected chi connectivity index (χ1v) is 6.05. The summed E-state index contributed by atoms with van der Waals surface area (Å²) in [5, 5.41) is 3.50. The van der Waals surface area contributed by atoms with E-state index in [1.807, 2.05) is 0 Å². The number of hydrogen-bond acceptors (Lipinski definition) is 6. The standard InChI is InChI=1S/C11H17N3O5/c1-11(2)18-9-6(4-8(15)16-3)17-7(5-13-14-12)10(9)19-11/h6-7,9-10H,4-5H2,1-3H3/t6?,7-,9?,10-/m1/s1. The lowest BCUT2D eigenvalue weighted by Crippen LogP contribution is -2.31. The second kappa shape index (κ2) is 5.34. The number of rotatable bonds is 4. The Morgan fingerprint density at radius 3 is 2.58 bits per heavy atom. The summed E-state index contributed by atoms with van der Waals surface area (Å²) >= 11 is 0. The molecule has 19 heavy (non-hydrogen) atoms. The van der Waals surface area contributed by atoms with E-state index in [9.17, 15) is 4.79 Å². The second-order valence-corrected chi connectivity index (χ2v) is 4.97. The van der Waals surface area contributed by atoms with Crippen LogP contribution in [0.15, 0.2) is 5.11 Å². The van der Waals surface area contributed by atoms with Gasteiger partial charge in [0, 0.05) is 4.91 Å². The number of ether oxygens (including phenoxy) is 4. The molecule has 0 aromatic carbocycles. The van der Waals surface area contributed by atoms with Crippen molar-refractivity contribution in [2.24, 2.45) is 5.11 Å². The minimum absolute atomic E-state index is 0.0872. The molecule has 2 aliphatic rings. The number of esters is 1. The largest absolute Gasteiger partial charge is 0.469 e. The van der Waals surface area contributed by atoms with Gasteiger partial charge in [0.05, 0.1) is 32.3 Å². The lowest BCUT2D eigenvalue weighted by molar-refractivity contribution is -0.188. The van der Waals surface area contributed by atoms with Crippen LogP contribution in [0.1, 0.15) is 20.3 Å². The molecule has 8 heteroatoms. The summed E-state index contributed by atoms with van der Waals surface area (Å²) in [6.45, 7) is 3.74. The highest BCUT2D eigenvalue weighted by atomic mass is 16.8. The zero-order valence-corrected chi connectivity index (χ0v) is 11.1. The molecule has 0 amide bonds. The molecule has 2 fully saturated rings. The molecule has 2 saturated heterocycles. The molecular formula is C11H17N3O5. The van der Waals surface area contributed by atoms with E-state index in [-0.39, 0.29) is 31.1 Å². The van der Waals surface area contributed by atoms with Crippen molar-refractivity contribution in [1.82, 2.24) is 0 Å². The Morgan fingerprint density at radius 1 is 1.37 bits per heavy atom. The fourth-order valence-electron chi connectivity index (χ4n) is 2.45. The lowest BCUT2D eigenvalue weighted by atomic mass is 10.1. The maximum absolute atomic E-state index is 11.4. The number of carbonyl (C=O) groups is 1. The summed E-state index contributed by atoms with van der Waals surface area (Å²) in [6.07, 6.45) is -1.46. The molecular weight excluding hydrogens is 254 g/mol. The van der Waals surface area contributed by atoms with Gasteiger partial charge in [-0.2, -0.15) is 0 Å². The normalized spacial score (nSPS) is 35.5. The van der Waals surface area contributed by atoms with Crippen LogP contribution in [0.2, 0.25) is 0 Å². The van der Waals surface area contributed by atoms with Crippen molar-refractivity contribution in [2.45, 2.75) is 50.5 Å². The van der Waals surface area contributed by atoms with Crippen LogP contribution in [0.5, 0.6) is 0 Å². The van der Waals surface area contributed by atoms with Crippen LogP contribution in [0.4, 0.5) is 0 Å². The zero-order valence-electron chi connectivity index (χ0n) is 11.1.